The highest BCUT2D eigenvalue weighted by molar-refractivity contribution is 8.00. The molecule has 31 heavy (non-hydrogen) atoms. The van der Waals surface area contributed by atoms with Gasteiger partial charge in [-0.05, 0) is 41.8 Å². The fourth-order valence-electron chi connectivity index (χ4n) is 3.66. The first-order valence-electron chi connectivity index (χ1n) is 9.80. The lowest BCUT2D eigenvalue weighted by Crippen LogP contribution is -2.13. The number of fused-ring (bicyclic) bond motifs is 3. The summed E-state index contributed by atoms with van der Waals surface area (Å²) in [5.74, 6) is 0.194. The average molecular weight is 443 g/mol. The maximum atomic E-state index is 13.2. The molecule has 2 aromatic heterocycles. The Morgan fingerprint density at radius 3 is 2.23 bits per heavy atom. The minimum Gasteiger partial charge on any atom is -0.321 e. The lowest BCUT2D eigenvalue weighted by Gasteiger charge is -2.08. The molecule has 3 aromatic carbocycles. The van der Waals surface area contributed by atoms with Gasteiger partial charge >= 0.3 is 0 Å². The van der Waals surface area contributed by atoms with Gasteiger partial charge in [-0.15, -0.1) is 23.1 Å². The zero-order valence-electron chi connectivity index (χ0n) is 16.4. The summed E-state index contributed by atoms with van der Waals surface area (Å²) in [6, 6.07) is 27.2. The van der Waals surface area contributed by atoms with Crippen LogP contribution in [0.2, 0.25) is 0 Å². The highest BCUT2D eigenvalue weighted by atomic mass is 32.2. The maximum Gasteiger partial charge on any atom is 0.265 e. The predicted molar refractivity (Wildman–Crippen MR) is 130 cm³/mol. The number of thiophene rings is 1. The van der Waals surface area contributed by atoms with E-state index in [9.17, 15) is 9.59 Å². The van der Waals surface area contributed by atoms with E-state index in [1.807, 2.05) is 84.2 Å². The van der Waals surface area contributed by atoms with Crippen LogP contribution in [-0.2, 0) is 0 Å². The van der Waals surface area contributed by atoms with E-state index in [0.29, 0.717) is 16.3 Å². The van der Waals surface area contributed by atoms with Gasteiger partial charge in [0, 0.05) is 21.4 Å². The van der Waals surface area contributed by atoms with Gasteiger partial charge in [-0.1, -0.05) is 48.5 Å². The summed E-state index contributed by atoms with van der Waals surface area (Å²) in [5, 5.41) is 6.95. The summed E-state index contributed by atoms with van der Waals surface area (Å²) in [6.45, 7) is 0. The number of hydrogen-bond acceptors (Lipinski definition) is 4. The molecule has 0 unspecified atom stereocenters. The Hall–Kier alpha value is -3.35. The second-order valence-electron chi connectivity index (χ2n) is 7.01. The van der Waals surface area contributed by atoms with Crippen molar-refractivity contribution < 1.29 is 9.59 Å². The molecule has 2 heterocycles. The molecule has 1 amide bonds. The zero-order valence-corrected chi connectivity index (χ0v) is 18.1. The van der Waals surface area contributed by atoms with Crippen molar-refractivity contribution >= 4 is 62.4 Å². The maximum absolute atomic E-state index is 13.2. The third-order valence-electron chi connectivity index (χ3n) is 5.03. The van der Waals surface area contributed by atoms with E-state index in [0.717, 1.165) is 26.7 Å². The molecular weight excluding hydrogens is 424 g/mol. The van der Waals surface area contributed by atoms with Crippen LogP contribution >= 0.6 is 23.1 Å². The Labute approximate surface area is 187 Å². The molecule has 0 aliphatic rings. The first-order valence-corrected chi connectivity index (χ1v) is 11.7. The first kappa shape index (κ1) is 19.6. The van der Waals surface area contributed by atoms with Crippen molar-refractivity contribution in [2.75, 3.05) is 11.1 Å². The lowest BCUT2D eigenvalue weighted by molar-refractivity contribution is 0.0950. The van der Waals surface area contributed by atoms with Crippen LogP contribution in [0, 0.1) is 0 Å². The Balaban J connectivity index is 1.36. The monoisotopic (exact) mass is 442 g/mol. The number of aromatic nitrogens is 1. The summed E-state index contributed by atoms with van der Waals surface area (Å²) >= 11 is 2.87. The average Bonchev–Trinajstić information content (AvgIpc) is 3.45. The summed E-state index contributed by atoms with van der Waals surface area (Å²) in [6.07, 6.45) is 0. The molecule has 0 bridgehead atoms. The standard InChI is InChI=1S/C25H18N2O2S2/c28-24(27-21-11-3-1-9-19(21)20-10-2-4-12-22(20)27)16-31-18-8-5-7-17(15-18)26-25(29)23-13-6-14-30-23/h1-15H,16H2,(H,26,29). The van der Waals surface area contributed by atoms with Crippen molar-refractivity contribution in [2.24, 2.45) is 0 Å². The second kappa shape index (κ2) is 8.41. The van der Waals surface area contributed by atoms with Crippen molar-refractivity contribution in [2.45, 2.75) is 4.90 Å². The van der Waals surface area contributed by atoms with Crippen molar-refractivity contribution in [1.29, 1.82) is 0 Å². The third-order valence-corrected chi connectivity index (χ3v) is 6.88. The van der Waals surface area contributed by atoms with E-state index >= 15 is 0 Å². The van der Waals surface area contributed by atoms with Crippen molar-refractivity contribution in [3.63, 3.8) is 0 Å². The highest BCUT2D eigenvalue weighted by Crippen LogP contribution is 2.30. The van der Waals surface area contributed by atoms with Crippen LogP contribution in [0.3, 0.4) is 0 Å². The minimum atomic E-state index is -0.126. The Morgan fingerprint density at radius 2 is 1.55 bits per heavy atom. The number of para-hydroxylation sites is 2. The number of amides is 1. The largest absolute Gasteiger partial charge is 0.321 e. The van der Waals surface area contributed by atoms with Gasteiger partial charge in [0.05, 0.1) is 21.7 Å². The van der Waals surface area contributed by atoms with Crippen LogP contribution in [0.1, 0.15) is 14.5 Å². The number of thioether (sulfide) groups is 1. The fraction of sp³-hybridized carbons (Fsp3) is 0.0400. The molecule has 1 N–H and O–H groups in total. The number of anilines is 1. The van der Waals surface area contributed by atoms with Crippen LogP contribution in [-0.4, -0.2) is 22.1 Å². The van der Waals surface area contributed by atoms with Gasteiger partial charge < -0.3 is 5.32 Å². The van der Waals surface area contributed by atoms with Gasteiger partial charge in [0.2, 0.25) is 5.91 Å². The summed E-state index contributed by atoms with van der Waals surface area (Å²) < 4.78 is 1.81. The zero-order chi connectivity index (χ0) is 21.2. The molecule has 0 atom stereocenters. The van der Waals surface area contributed by atoms with Crippen LogP contribution in [0.25, 0.3) is 21.8 Å². The van der Waals surface area contributed by atoms with Gasteiger partial charge in [-0.2, -0.15) is 0 Å². The minimum absolute atomic E-state index is 0.0235. The van der Waals surface area contributed by atoms with Gasteiger partial charge in [-0.25, -0.2) is 0 Å². The number of nitrogens with one attached hydrogen (secondary N) is 1. The van der Waals surface area contributed by atoms with Crippen LogP contribution < -0.4 is 5.32 Å². The molecule has 0 radical (unpaired) electrons. The molecular formula is C25H18N2O2S2. The second-order valence-corrected chi connectivity index (χ2v) is 9.01. The molecule has 0 spiro atoms. The topological polar surface area (TPSA) is 51.1 Å². The van der Waals surface area contributed by atoms with Gasteiger partial charge in [-0.3, -0.25) is 14.2 Å². The SMILES string of the molecule is O=C(Nc1cccc(SCC(=O)n2c3ccccc3c3ccccc32)c1)c1cccs1. The predicted octanol–water partition coefficient (Wildman–Crippen LogP) is 6.54. The van der Waals surface area contributed by atoms with E-state index in [4.69, 9.17) is 0 Å². The van der Waals surface area contributed by atoms with E-state index in [1.54, 1.807) is 10.6 Å². The third kappa shape index (κ3) is 3.87. The van der Waals surface area contributed by atoms with Gasteiger partial charge in [0.15, 0.2) is 0 Å². The molecule has 0 aliphatic heterocycles. The quantitative estimate of drug-likeness (QED) is 0.314. The van der Waals surface area contributed by atoms with Crippen molar-refractivity contribution in [3.05, 3.63) is 95.2 Å². The Bertz CT molecular complexity index is 1350. The summed E-state index contributed by atoms with van der Waals surface area (Å²) in [4.78, 5) is 27.1. The smallest absolute Gasteiger partial charge is 0.265 e. The lowest BCUT2D eigenvalue weighted by atomic mass is 10.2. The van der Waals surface area contributed by atoms with Crippen LogP contribution in [0.5, 0.6) is 0 Å². The fourth-order valence-corrected chi connectivity index (χ4v) is 5.09. The van der Waals surface area contributed by atoms with E-state index in [-0.39, 0.29) is 11.8 Å². The molecule has 0 saturated carbocycles. The van der Waals surface area contributed by atoms with E-state index < -0.39 is 0 Å². The summed E-state index contributed by atoms with van der Waals surface area (Å²) in [7, 11) is 0. The molecule has 0 fully saturated rings. The number of nitrogens with zero attached hydrogens (tertiary/aromatic N) is 1. The normalized spacial score (nSPS) is 11.1. The van der Waals surface area contributed by atoms with Crippen LogP contribution in [0.15, 0.2) is 95.2 Å². The molecule has 0 saturated heterocycles. The molecule has 0 aliphatic carbocycles. The van der Waals surface area contributed by atoms with Gasteiger partial charge in [0.1, 0.15) is 0 Å². The van der Waals surface area contributed by atoms with E-state index in [1.165, 1.54) is 23.1 Å². The first-order chi connectivity index (χ1) is 15.2. The van der Waals surface area contributed by atoms with Gasteiger partial charge in [0.25, 0.3) is 5.91 Å². The molecule has 152 valence electrons. The Kier molecular flexibility index (Phi) is 5.32. The van der Waals surface area contributed by atoms with Crippen LogP contribution in [0.4, 0.5) is 5.69 Å². The van der Waals surface area contributed by atoms with Crippen molar-refractivity contribution in [3.8, 4) is 0 Å². The molecule has 6 heteroatoms. The molecule has 5 rings (SSSR count). The number of rotatable bonds is 5. The number of hydrogen-bond donors (Lipinski definition) is 1. The van der Waals surface area contributed by atoms with Crippen molar-refractivity contribution in [1.82, 2.24) is 4.57 Å². The summed E-state index contributed by atoms with van der Waals surface area (Å²) in [5.41, 5.74) is 2.56. The Morgan fingerprint density at radius 1 is 0.839 bits per heavy atom. The molecule has 4 nitrogen and oxygen atoms in total. The number of benzene rings is 3. The number of carbonyl (C=O) groups is 2. The van der Waals surface area contributed by atoms with E-state index in [2.05, 4.69) is 5.32 Å². The number of carbonyl (C=O) groups excluding carboxylic acids is 2. The molecule has 5 aromatic rings. The highest BCUT2D eigenvalue weighted by Gasteiger charge is 2.16.